The highest BCUT2D eigenvalue weighted by Gasteiger charge is 2.13. The Morgan fingerprint density at radius 3 is 2.48 bits per heavy atom. The maximum atomic E-state index is 13.7. The summed E-state index contributed by atoms with van der Waals surface area (Å²) < 4.78 is 13.7. The van der Waals surface area contributed by atoms with E-state index in [9.17, 15) is 4.39 Å². The zero-order valence-electron chi connectivity index (χ0n) is 13.1. The van der Waals surface area contributed by atoms with Crippen molar-refractivity contribution in [3.8, 4) is 11.3 Å². The molecule has 0 saturated carbocycles. The maximum absolute atomic E-state index is 13.7. The molecule has 0 fully saturated rings. The van der Waals surface area contributed by atoms with Gasteiger partial charge in [-0.3, -0.25) is 0 Å². The van der Waals surface area contributed by atoms with Gasteiger partial charge in [-0.25, -0.2) is 14.4 Å². The van der Waals surface area contributed by atoms with Crippen LogP contribution < -0.4 is 5.32 Å². The molecule has 0 bridgehead atoms. The number of rotatable bonds is 5. The number of anilines is 1. The lowest BCUT2D eigenvalue weighted by Gasteiger charge is -2.14. The van der Waals surface area contributed by atoms with Crippen molar-refractivity contribution < 1.29 is 4.39 Å². The number of halogens is 1. The van der Waals surface area contributed by atoms with Crippen LogP contribution in [-0.4, -0.2) is 16.5 Å². The smallest absolute Gasteiger partial charge is 0.133 e. The largest absolute Gasteiger partial charge is 0.370 e. The fourth-order valence-electron chi connectivity index (χ4n) is 2.39. The van der Waals surface area contributed by atoms with Gasteiger partial charge >= 0.3 is 0 Å². The molecule has 0 aliphatic carbocycles. The van der Waals surface area contributed by atoms with Gasteiger partial charge in [0.25, 0.3) is 0 Å². The van der Waals surface area contributed by atoms with Crippen LogP contribution >= 0.6 is 0 Å². The van der Waals surface area contributed by atoms with Gasteiger partial charge in [0.05, 0.1) is 5.69 Å². The molecule has 2 aromatic rings. The summed E-state index contributed by atoms with van der Waals surface area (Å²) in [7, 11) is 0. The first-order chi connectivity index (χ1) is 10.0. The summed E-state index contributed by atoms with van der Waals surface area (Å²) in [6.45, 7) is 8.80. The number of nitrogens with one attached hydrogen (secondary N) is 1. The summed E-state index contributed by atoms with van der Waals surface area (Å²) in [6.07, 6.45) is 1.80. The van der Waals surface area contributed by atoms with Gasteiger partial charge in [0, 0.05) is 24.1 Å². The number of aromatic nitrogens is 2. The van der Waals surface area contributed by atoms with Gasteiger partial charge in [-0.2, -0.15) is 0 Å². The van der Waals surface area contributed by atoms with E-state index in [0.717, 1.165) is 53.4 Å². The van der Waals surface area contributed by atoms with Crippen LogP contribution in [0.15, 0.2) is 18.2 Å². The number of aryl methyl sites for hydroxylation is 2. The molecular weight excluding hydrogens is 265 g/mol. The van der Waals surface area contributed by atoms with Crippen molar-refractivity contribution in [1.29, 1.82) is 0 Å². The summed E-state index contributed by atoms with van der Waals surface area (Å²) in [4.78, 5) is 9.21. The van der Waals surface area contributed by atoms with Crippen molar-refractivity contribution in [2.24, 2.45) is 0 Å². The molecule has 0 aliphatic rings. The molecular formula is C17H22FN3. The molecule has 1 aromatic heterocycles. The Bertz CT molecular complexity index is 618. The van der Waals surface area contributed by atoms with E-state index in [-0.39, 0.29) is 5.82 Å². The van der Waals surface area contributed by atoms with E-state index in [1.54, 1.807) is 0 Å². The van der Waals surface area contributed by atoms with Crippen molar-refractivity contribution >= 4 is 5.82 Å². The first kappa shape index (κ1) is 15.4. The zero-order chi connectivity index (χ0) is 15.4. The first-order valence-corrected chi connectivity index (χ1v) is 7.44. The quantitative estimate of drug-likeness (QED) is 0.891. The van der Waals surface area contributed by atoms with E-state index in [4.69, 9.17) is 0 Å². The Morgan fingerprint density at radius 1 is 1.10 bits per heavy atom. The molecule has 3 nitrogen and oxygen atoms in total. The molecule has 0 radical (unpaired) electrons. The number of hydrogen-bond donors (Lipinski definition) is 1. The van der Waals surface area contributed by atoms with Crippen LogP contribution in [0.3, 0.4) is 0 Å². The molecule has 1 N–H and O–H groups in total. The minimum Gasteiger partial charge on any atom is -0.370 e. The van der Waals surface area contributed by atoms with Crippen molar-refractivity contribution in [3.05, 3.63) is 41.0 Å². The second kappa shape index (κ2) is 6.66. The lowest BCUT2D eigenvalue weighted by atomic mass is 10.0. The Hall–Kier alpha value is -1.97. The lowest BCUT2D eigenvalue weighted by molar-refractivity contribution is 0.627. The van der Waals surface area contributed by atoms with Crippen molar-refractivity contribution in [1.82, 2.24) is 9.97 Å². The van der Waals surface area contributed by atoms with Gasteiger partial charge in [-0.15, -0.1) is 0 Å². The molecule has 0 spiro atoms. The molecule has 21 heavy (non-hydrogen) atoms. The van der Waals surface area contributed by atoms with E-state index in [0.29, 0.717) is 0 Å². The highest BCUT2D eigenvalue weighted by atomic mass is 19.1. The molecule has 1 heterocycles. The maximum Gasteiger partial charge on any atom is 0.133 e. The lowest BCUT2D eigenvalue weighted by Crippen LogP contribution is -2.08. The van der Waals surface area contributed by atoms with E-state index in [2.05, 4.69) is 22.2 Å². The molecule has 0 unspecified atom stereocenters. The average Bonchev–Trinajstić information content (AvgIpc) is 2.41. The van der Waals surface area contributed by atoms with E-state index in [1.807, 2.05) is 26.8 Å². The highest BCUT2D eigenvalue weighted by molar-refractivity contribution is 5.68. The van der Waals surface area contributed by atoms with Crippen molar-refractivity contribution in [2.75, 3.05) is 11.9 Å². The number of hydrogen-bond acceptors (Lipinski definition) is 3. The fraction of sp³-hybridized carbons (Fsp3) is 0.412. The molecule has 2 rings (SSSR count). The molecule has 4 heteroatoms. The summed E-state index contributed by atoms with van der Waals surface area (Å²) in [5.74, 6) is 1.41. The molecule has 0 atom stereocenters. The SMILES string of the molecule is CCCc1nc(NCC)c(C)c(-c2cc(C)cc(F)c2)n1. The van der Waals surface area contributed by atoms with E-state index >= 15 is 0 Å². The Kier molecular flexibility index (Phi) is 4.89. The van der Waals surface area contributed by atoms with Crippen LogP contribution in [0, 0.1) is 19.7 Å². The van der Waals surface area contributed by atoms with Gasteiger partial charge in [0.15, 0.2) is 0 Å². The Labute approximate surface area is 125 Å². The Balaban J connectivity index is 2.59. The first-order valence-electron chi connectivity index (χ1n) is 7.44. The van der Waals surface area contributed by atoms with Crippen LogP contribution in [0.1, 0.15) is 37.2 Å². The average molecular weight is 287 g/mol. The topological polar surface area (TPSA) is 37.8 Å². The highest BCUT2D eigenvalue weighted by Crippen LogP contribution is 2.27. The van der Waals surface area contributed by atoms with Gasteiger partial charge in [0.1, 0.15) is 17.5 Å². The second-order valence-corrected chi connectivity index (χ2v) is 5.26. The monoisotopic (exact) mass is 287 g/mol. The minimum absolute atomic E-state index is 0.231. The van der Waals surface area contributed by atoms with Crippen LogP contribution in [0.2, 0.25) is 0 Å². The summed E-state index contributed by atoms with van der Waals surface area (Å²) in [6, 6.07) is 5.02. The molecule has 0 saturated heterocycles. The van der Waals surface area contributed by atoms with E-state index < -0.39 is 0 Å². The van der Waals surface area contributed by atoms with Crippen LogP contribution in [0.4, 0.5) is 10.2 Å². The third-order valence-corrected chi connectivity index (χ3v) is 3.33. The van der Waals surface area contributed by atoms with Crippen LogP contribution in [-0.2, 0) is 6.42 Å². The second-order valence-electron chi connectivity index (χ2n) is 5.26. The molecule has 0 amide bonds. The summed E-state index contributed by atoms with van der Waals surface area (Å²) in [5, 5.41) is 3.27. The van der Waals surface area contributed by atoms with Gasteiger partial charge in [-0.05, 0) is 51.0 Å². The Morgan fingerprint density at radius 2 is 1.86 bits per heavy atom. The standard InChI is InChI=1S/C17H22FN3/c1-5-7-15-20-16(12(4)17(21-15)19-6-2)13-8-11(3)9-14(18)10-13/h8-10H,5-7H2,1-4H3,(H,19,20,21). The third kappa shape index (κ3) is 3.57. The van der Waals surface area contributed by atoms with Crippen LogP contribution in [0.25, 0.3) is 11.3 Å². The minimum atomic E-state index is -0.231. The fourth-order valence-corrected chi connectivity index (χ4v) is 2.39. The number of benzene rings is 1. The molecule has 112 valence electrons. The van der Waals surface area contributed by atoms with Gasteiger partial charge < -0.3 is 5.32 Å². The number of nitrogens with zero attached hydrogens (tertiary/aromatic N) is 2. The molecule has 1 aromatic carbocycles. The third-order valence-electron chi connectivity index (χ3n) is 3.33. The van der Waals surface area contributed by atoms with Crippen LogP contribution in [0.5, 0.6) is 0 Å². The normalized spacial score (nSPS) is 10.7. The predicted octanol–water partition coefficient (Wildman–Crippen LogP) is 4.28. The van der Waals surface area contributed by atoms with Gasteiger partial charge in [0.2, 0.25) is 0 Å². The molecule has 0 aliphatic heterocycles. The van der Waals surface area contributed by atoms with Crippen molar-refractivity contribution in [2.45, 2.75) is 40.5 Å². The summed E-state index contributed by atoms with van der Waals surface area (Å²) in [5.41, 5.74) is 3.47. The predicted molar refractivity (Wildman–Crippen MR) is 85.1 cm³/mol. The van der Waals surface area contributed by atoms with E-state index in [1.165, 1.54) is 12.1 Å². The van der Waals surface area contributed by atoms with Gasteiger partial charge in [-0.1, -0.05) is 6.92 Å². The van der Waals surface area contributed by atoms with Crippen molar-refractivity contribution in [3.63, 3.8) is 0 Å². The summed E-state index contributed by atoms with van der Waals surface area (Å²) >= 11 is 0. The zero-order valence-corrected chi connectivity index (χ0v) is 13.1.